The number of allylic oxidation sites excluding steroid dienone is 8. The summed E-state index contributed by atoms with van der Waals surface area (Å²) in [7, 11) is -10.9. The van der Waals surface area contributed by atoms with Gasteiger partial charge in [0.1, 0.15) is 30.7 Å². The molecule has 444 valence electrons. The van der Waals surface area contributed by atoms with Crippen molar-refractivity contribution in [1.29, 1.82) is 0 Å². The van der Waals surface area contributed by atoms with Crippen LogP contribution < -0.4 is 11.4 Å². The number of hydrogen-bond acceptors (Lipinski definition) is 17. The van der Waals surface area contributed by atoms with Crippen molar-refractivity contribution in [2.24, 2.45) is 5.92 Å². The molecule has 1 aliphatic rings. The number of carbonyl (C=O) groups excluding carboxylic acids is 2. The van der Waals surface area contributed by atoms with Crippen molar-refractivity contribution in [3.63, 3.8) is 0 Å². The van der Waals surface area contributed by atoms with Gasteiger partial charge in [-0.2, -0.15) is 9.29 Å². The minimum atomic E-state index is -5.47. The van der Waals surface area contributed by atoms with Crippen LogP contribution in [-0.2, 0) is 46.3 Å². The van der Waals surface area contributed by atoms with Crippen LogP contribution in [0.15, 0.2) is 90.0 Å². The molecule has 20 nitrogen and oxygen atoms in total. The highest BCUT2D eigenvalue weighted by Gasteiger charge is 2.46. The predicted octanol–water partition coefficient (Wildman–Crippen LogP) is 10.2. The lowest BCUT2D eigenvalue weighted by Crippen LogP contribution is -2.36. The number of phosphoric ester groups is 2. The summed E-state index contributed by atoms with van der Waals surface area (Å²) in [5, 5.41) is 41.0. The van der Waals surface area contributed by atoms with E-state index in [2.05, 4.69) is 23.1 Å². The van der Waals surface area contributed by atoms with Crippen LogP contribution in [0.2, 0.25) is 0 Å². The first kappa shape index (κ1) is 70.2. The molecule has 0 bridgehead atoms. The number of nitrogens with zero attached hydrogens (tertiary/aromatic N) is 2. The molecule has 8 N–H and O–H groups in total. The summed E-state index contributed by atoms with van der Waals surface area (Å²) in [6.45, 7) is 4.15. The van der Waals surface area contributed by atoms with Gasteiger partial charge in [-0.15, -0.1) is 0 Å². The quantitative estimate of drug-likeness (QED) is 0.0105. The summed E-state index contributed by atoms with van der Waals surface area (Å²) >= 11 is 0. The Morgan fingerprint density at radius 3 is 1.82 bits per heavy atom. The number of hydrogen-bond donors (Lipinski definition) is 7. The maximum Gasteiger partial charge on any atom is 0.481 e. The maximum absolute atomic E-state index is 12.9. The van der Waals surface area contributed by atoms with Gasteiger partial charge in [0.15, 0.2) is 12.3 Å². The molecule has 22 heteroatoms. The Bertz CT molecular complexity index is 2150. The fourth-order valence-corrected chi connectivity index (χ4v) is 10.2. The molecular formula is C56H93N3O17P2. The predicted molar refractivity (Wildman–Crippen MR) is 300 cm³/mol. The van der Waals surface area contributed by atoms with Crippen LogP contribution in [0.1, 0.15) is 181 Å². The number of phosphoric acid groups is 2. The monoisotopic (exact) mass is 1140 g/mol. The molecule has 0 saturated carbocycles. The SMILES string of the molecule is CC/C=C\C[C@H](O)/C=C/C=C\C=C\[C@H](O)C/C=C\C/C=C\CCC(=O)O[C@H](COC(=O)CCCCCCCCCCCCCCCCCCC(C)C)COP(=O)(O)OP(=O)(O)OC[C@H]1O[C@@H](n2ccc(N)nc2=O)[C@H](O)[C@@H]1O. The zero-order valence-electron chi connectivity index (χ0n) is 46.3. The summed E-state index contributed by atoms with van der Waals surface area (Å²) < 4.78 is 56.8. The standard InChI is InChI=1S/C56H93N3O17P2/c1-4-5-26-34-46(60)36-29-24-25-30-37-47(61)35-28-21-18-19-23-32-39-52(63)74-48(42-71-51(62)38-31-22-17-15-13-11-9-7-6-8-10-12-14-16-20-27-33-45(2)3)43-72-77(67,68)76-78(69,70)73-44-49-53(64)54(65)55(75-49)59-41-40-50(57)58-56(59)66/h5,19,21,23-26,28-30,36-37,40-41,45-49,53-55,60-61,64-65H,4,6-18,20,22,27,31-35,38-39,42-44H2,1-3H3,(H,67,68)(H,69,70)(H2,57,58,66)/b23-19-,25-24-,26-5-,28-21-,36-29+,37-30+/t46-,47+,48+,49+,53+,54+,55+/m0/s1. The van der Waals surface area contributed by atoms with Crippen LogP contribution in [0, 0.1) is 5.92 Å². The van der Waals surface area contributed by atoms with Gasteiger partial charge in [-0.25, -0.2) is 13.9 Å². The lowest BCUT2D eigenvalue weighted by atomic mass is 10.0. The van der Waals surface area contributed by atoms with Crippen molar-refractivity contribution in [1.82, 2.24) is 9.55 Å². The second-order valence-corrected chi connectivity index (χ2v) is 23.0. The molecule has 0 aliphatic carbocycles. The first-order valence-corrected chi connectivity index (χ1v) is 31.0. The Balaban J connectivity index is 1.82. The maximum atomic E-state index is 12.9. The van der Waals surface area contributed by atoms with Crippen molar-refractivity contribution in [3.05, 3.63) is 95.7 Å². The van der Waals surface area contributed by atoms with Crippen LogP contribution in [-0.4, -0.2) is 108 Å². The fraction of sp³-hybridized carbons (Fsp3) is 0.679. The van der Waals surface area contributed by atoms with Crippen molar-refractivity contribution in [2.45, 2.75) is 218 Å². The Morgan fingerprint density at radius 2 is 1.26 bits per heavy atom. The molecule has 0 amide bonds. The topological polar surface area (TPSA) is 306 Å². The summed E-state index contributed by atoms with van der Waals surface area (Å²) in [5.74, 6) is -0.672. The van der Waals surface area contributed by atoms with E-state index in [-0.39, 0.29) is 25.1 Å². The van der Waals surface area contributed by atoms with Crippen LogP contribution >= 0.6 is 15.6 Å². The molecule has 1 fully saturated rings. The van der Waals surface area contributed by atoms with Gasteiger partial charge in [-0.3, -0.25) is 23.2 Å². The molecule has 1 aromatic rings. The van der Waals surface area contributed by atoms with E-state index < -0.39 is 95.9 Å². The number of carbonyl (C=O) groups is 2. The highest BCUT2D eigenvalue weighted by atomic mass is 31.3. The van der Waals surface area contributed by atoms with E-state index in [1.807, 2.05) is 37.3 Å². The van der Waals surface area contributed by atoms with Crippen LogP contribution in [0.5, 0.6) is 0 Å². The molecule has 2 rings (SSSR count). The van der Waals surface area contributed by atoms with Crippen LogP contribution in [0.3, 0.4) is 0 Å². The number of ether oxygens (including phenoxy) is 3. The van der Waals surface area contributed by atoms with E-state index in [4.69, 9.17) is 29.0 Å². The van der Waals surface area contributed by atoms with E-state index >= 15 is 0 Å². The van der Waals surface area contributed by atoms with E-state index in [9.17, 15) is 53.7 Å². The molecule has 0 aromatic carbocycles. The molecule has 1 aliphatic heterocycles. The number of unbranched alkanes of at least 4 members (excludes halogenated alkanes) is 15. The number of rotatable bonds is 45. The number of aliphatic hydroxyl groups is 4. The van der Waals surface area contributed by atoms with Gasteiger partial charge < -0.3 is 50.2 Å². The van der Waals surface area contributed by atoms with Gasteiger partial charge in [-0.1, -0.05) is 196 Å². The van der Waals surface area contributed by atoms with Crippen molar-refractivity contribution in [2.75, 3.05) is 25.6 Å². The highest BCUT2D eigenvalue weighted by molar-refractivity contribution is 7.61. The number of esters is 2. The normalized spacial score (nSPS) is 20.0. The second kappa shape index (κ2) is 42.0. The smallest absolute Gasteiger partial charge is 0.462 e. The van der Waals surface area contributed by atoms with Gasteiger partial charge in [0, 0.05) is 19.0 Å². The van der Waals surface area contributed by atoms with Crippen LogP contribution in [0.4, 0.5) is 5.82 Å². The lowest BCUT2D eigenvalue weighted by Gasteiger charge is -2.21. The zero-order valence-corrected chi connectivity index (χ0v) is 48.1. The summed E-state index contributed by atoms with van der Waals surface area (Å²) in [6, 6.07) is 1.24. The Morgan fingerprint density at radius 1 is 0.718 bits per heavy atom. The van der Waals surface area contributed by atoms with E-state index in [0.29, 0.717) is 25.7 Å². The molecule has 2 heterocycles. The molecule has 1 aromatic heterocycles. The summed E-state index contributed by atoms with van der Waals surface area (Å²) in [6.07, 6.45) is 36.2. The molecule has 1 saturated heterocycles. The third kappa shape index (κ3) is 35.0. The number of anilines is 1. The van der Waals surface area contributed by atoms with E-state index in [1.54, 1.807) is 42.5 Å². The first-order chi connectivity index (χ1) is 37.3. The van der Waals surface area contributed by atoms with E-state index in [1.165, 1.54) is 83.1 Å². The second-order valence-electron chi connectivity index (χ2n) is 19.9. The molecule has 0 radical (unpaired) electrons. The largest absolute Gasteiger partial charge is 0.481 e. The van der Waals surface area contributed by atoms with Crippen molar-refractivity contribution < 1.29 is 76.5 Å². The minimum absolute atomic E-state index is 0.0885. The lowest BCUT2D eigenvalue weighted by molar-refractivity contribution is -0.161. The molecule has 9 atom stereocenters. The number of nitrogen functional groups attached to an aromatic ring is 1. The third-order valence-electron chi connectivity index (χ3n) is 12.4. The summed E-state index contributed by atoms with van der Waals surface area (Å²) in [4.78, 5) is 62.1. The van der Waals surface area contributed by atoms with Crippen LogP contribution in [0.25, 0.3) is 0 Å². The average molecular weight is 1140 g/mol. The van der Waals surface area contributed by atoms with Gasteiger partial charge >= 0.3 is 33.3 Å². The first-order valence-electron chi connectivity index (χ1n) is 28.0. The van der Waals surface area contributed by atoms with E-state index in [0.717, 1.165) is 48.8 Å². The average Bonchev–Trinajstić information content (AvgIpc) is 3.70. The zero-order chi connectivity index (χ0) is 57.4. The highest BCUT2D eigenvalue weighted by Crippen LogP contribution is 2.60. The number of aromatic nitrogens is 2. The number of aliphatic hydroxyl groups excluding tert-OH is 4. The van der Waals surface area contributed by atoms with Gasteiger partial charge in [0.2, 0.25) is 0 Å². The Hall–Kier alpha value is -3.88. The van der Waals surface area contributed by atoms with Gasteiger partial charge in [-0.05, 0) is 50.5 Å². The number of nitrogens with two attached hydrogens (primary N) is 1. The Labute approximate surface area is 462 Å². The molecule has 78 heavy (non-hydrogen) atoms. The minimum Gasteiger partial charge on any atom is -0.462 e. The van der Waals surface area contributed by atoms with Gasteiger partial charge in [0.25, 0.3) is 0 Å². The molecular weight excluding hydrogens is 1050 g/mol. The van der Waals surface area contributed by atoms with Crippen molar-refractivity contribution >= 4 is 33.4 Å². The fourth-order valence-electron chi connectivity index (χ4n) is 8.05. The van der Waals surface area contributed by atoms with Gasteiger partial charge in [0.05, 0.1) is 25.4 Å². The summed E-state index contributed by atoms with van der Waals surface area (Å²) in [5.41, 5.74) is 4.58. The molecule has 2 unspecified atom stereocenters. The Kier molecular flexibility index (Phi) is 37.8. The molecule has 0 spiro atoms. The van der Waals surface area contributed by atoms with Crippen molar-refractivity contribution in [3.8, 4) is 0 Å². The third-order valence-corrected chi connectivity index (χ3v) is 15.0.